The molecule has 0 saturated carbocycles. The lowest BCUT2D eigenvalue weighted by Gasteiger charge is -2.05. The maximum Gasteiger partial charge on any atom is 0.278 e. The molecular formula is C12H8ClN3O4. The normalized spacial score (nSPS) is 10.3. The van der Waals surface area contributed by atoms with Gasteiger partial charge in [0, 0.05) is 24.7 Å². The third kappa shape index (κ3) is 2.57. The van der Waals surface area contributed by atoms with E-state index in [1.165, 1.54) is 31.3 Å². The molecule has 1 heterocycles. The summed E-state index contributed by atoms with van der Waals surface area (Å²) in [6, 6.07) is 6.93. The van der Waals surface area contributed by atoms with Crippen LogP contribution in [0.25, 0.3) is 11.3 Å². The quantitative estimate of drug-likeness (QED) is 0.488. The van der Waals surface area contributed by atoms with Crippen molar-refractivity contribution in [1.82, 2.24) is 9.78 Å². The van der Waals surface area contributed by atoms with Gasteiger partial charge < -0.3 is 0 Å². The van der Waals surface area contributed by atoms with Crippen LogP contribution in [-0.4, -0.2) is 19.9 Å². The van der Waals surface area contributed by atoms with Crippen molar-refractivity contribution in [3.63, 3.8) is 0 Å². The Kier molecular flexibility index (Phi) is 3.62. The van der Waals surface area contributed by atoms with Gasteiger partial charge in [-0.3, -0.25) is 19.7 Å². The molecule has 0 radical (unpaired) electrons. The average Bonchev–Trinajstić information content (AvgIpc) is 2.41. The highest BCUT2D eigenvalue weighted by molar-refractivity contribution is 6.67. The summed E-state index contributed by atoms with van der Waals surface area (Å²) in [5, 5.41) is 13.8. The van der Waals surface area contributed by atoms with E-state index >= 15 is 0 Å². The van der Waals surface area contributed by atoms with Crippen molar-refractivity contribution in [1.29, 1.82) is 0 Å². The van der Waals surface area contributed by atoms with Crippen molar-refractivity contribution in [3.05, 3.63) is 56.4 Å². The van der Waals surface area contributed by atoms with Gasteiger partial charge in [0.25, 0.3) is 16.5 Å². The van der Waals surface area contributed by atoms with Crippen LogP contribution < -0.4 is 5.56 Å². The largest absolute Gasteiger partial charge is 0.278 e. The lowest BCUT2D eigenvalue weighted by atomic mass is 10.1. The van der Waals surface area contributed by atoms with E-state index < -0.39 is 15.7 Å². The average molecular weight is 294 g/mol. The summed E-state index contributed by atoms with van der Waals surface area (Å²) in [7, 11) is 1.37. The number of hydrogen-bond donors (Lipinski definition) is 0. The number of non-ortho nitro benzene ring substituents is 1. The minimum absolute atomic E-state index is 0.114. The predicted molar refractivity (Wildman–Crippen MR) is 71.8 cm³/mol. The molecule has 0 aliphatic carbocycles. The fourth-order valence-corrected chi connectivity index (χ4v) is 1.80. The van der Waals surface area contributed by atoms with E-state index in [0.29, 0.717) is 5.56 Å². The highest BCUT2D eigenvalue weighted by Gasteiger charge is 2.14. The summed E-state index contributed by atoms with van der Waals surface area (Å²) in [5.74, 6) is 0. The maximum atomic E-state index is 11.7. The van der Waals surface area contributed by atoms with Crippen molar-refractivity contribution in [3.8, 4) is 11.3 Å². The molecule has 20 heavy (non-hydrogen) atoms. The van der Waals surface area contributed by atoms with Crippen molar-refractivity contribution in [2.75, 3.05) is 0 Å². The van der Waals surface area contributed by atoms with Crippen LogP contribution in [0.3, 0.4) is 0 Å². The van der Waals surface area contributed by atoms with E-state index in [1.807, 2.05) is 0 Å². The van der Waals surface area contributed by atoms with Gasteiger partial charge in [0.1, 0.15) is 5.56 Å². The Hall–Kier alpha value is -2.54. The highest BCUT2D eigenvalue weighted by atomic mass is 35.5. The van der Waals surface area contributed by atoms with E-state index in [-0.39, 0.29) is 16.9 Å². The van der Waals surface area contributed by atoms with Crippen LogP contribution >= 0.6 is 11.6 Å². The summed E-state index contributed by atoms with van der Waals surface area (Å²) in [4.78, 5) is 33.0. The van der Waals surface area contributed by atoms with Crippen LogP contribution in [0.4, 0.5) is 5.69 Å². The van der Waals surface area contributed by atoms with Crippen molar-refractivity contribution >= 4 is 22.5 Å². The SMILES string of the molecule is Cn1nc(-c2cccc([N+](=O)[O-])c2)cc(C(=O)Cl)c1=O. The lowest BCUT2D eigenvalue weighted by molar-refractivity contribution is -0.384. The fraction of sp³-hybridized carbons (Fsp3) is 0.0833. The van der Waals surface area contributed by atoms with Gasteiger partial charge in [-0.15, -0.1) is 0 Å². The van der Waals surface area contributed by atoms with Crippen molar-refractivity contribution in [2.45, 2.75) is 0 Å². The summed E-state index contributed by atoms with van der Waals surface area (Å²) in [6.45, 7) is 0. The Balaban J connectivity index is 2.64. The second kappa shape index (κ2) is 5.22. The molecule has 0 fully saturated rings. The lowest BCUT2D eigenvalue weighted by Crippen LogP contribution is -2.25. The molecule has 0 aliphatic heterocycles. The van der Waals surface area contributed by atoms with Crippen LogP contribution in [0.1, 0.15) is 10.4 Å². The summed E-state index contributed by atoms with van der Waals surface area (Å²) in [5.41, 5.74) is -0.310. The summed E-state index contributed by atoms with van der Waals surface area (Å²) < 4.78 is 0.962. The highest BCUT2D eigenvalue weighted by Crippen LogP contribution is 2.22. The van der Waals surface area contributed by atoms with Crippen LogP contribution in [0, 0.1) is 10.1 Å². The topological polar surface area (TPSA) is 95.1 Å². The molecule has 0 amide bonds. The Bertz CT molecular complexity index is 770. The molecule has 0 N–H and O–H groups in total. The van der Waals surface area contributed by atoms with Crippen LogP contribution in [0.5, 0.6) is 0 Å². The molecule has 1 aromatic heterocycles. The fourth-order valence-electron chi connectivity index (χ4n) is 1.67. The Labute approximate surface area is 117 Å². The zero-order valence-corrected chi connectivity index (χ0v) is 11.0. The number of aryl methyl sites for hydroxylation is 1. The van der Waals surface area contributed by atoms with Crippen LogP contribution in [0.15, 0.2) is 35.1 Å². The number of rotatable bonds is 3. The van der Waals surface area contributed by atoms with Gasteiger partial charge in [0.2, 0.25) is 0 Å². The summed E-state index contributed by atoms with van der Waals surface area (Å²) in [6.07, 6.45) is 0. The minimum atomic E-state index is -0.903. The molecule has 102 valence electrons. The molecule has 1 aromatic carbocycles. The predicted octanol–water partition coefficient (Wildman–Crippen LogP) is 1.73. The van der Waals surface area contributed by atoms with Crippen LogP contribution in [0.2, 0.25) is 0 Å². The number of nitrogens with zero attached hydrogens (tertiary/aromatic N) is 3. The van der Waals surface area contributed by atoms with Gasteiger partial charge in [0.15, 0.2) is 0 Å². The molecule has 0 saturated heterocycles. The van der Waals surface area contributed by atoms with Crippen molar-refractivity contribution in [2.24, 2.45) is 7.05 Å². The van der Waals surface area contributed by atoms with E-state index in [0.717, 1.165) is 4.68 Å². The van der Waals surface area contributed by atoms with Gasteiger partial charge in [0.05, 0.1) is 10.6 Å². The number of benzene rings is 1. The monoisotopic (exact) mass is 293 g/mol. The second-order valence-electron chi connectivity index (χ2n) is 3.95. The first-order valence-electron chi connectivity index (χ1n) is 5.43. The molecule has 2 rings (SSSR count). The maximum absolute atomic E-state index is 11.7. The van der Waals surface area contributed by atoms with E-state index in [9.17, 15) is 19.7 Å². The number of hydrogen-bond acceptors (Lipinski definition) is 5. The third-order valence-electron chi connectivity index (χ3n) is 2.63. The standard InChI is InChI=1S/C12H8ClN3O4/c1-15-12(18)9(11(13)17)6-10(14-15)7-3-2-4-8(5-7)16(19)20/h2-6H,1H3. The molecule has 0 bridgehead atoms. The smallest absolute Gasteiger partial charge is 0.275 e. The number of aromatic nitrogens is 2. The molecule has 0 unspecified atom stereocenters. The van der Waals surface area contributed by atoms with E-state index in [2.05, 4.69) is 5.10 Å². The number of carbonyl (C=O) groups is 1. The second-order valence-corrected chi connectivity index (χ2v) is 4.30. The van der Waals surface area contributed by atoms with Gasteiger partial charge in [-0.2, -0.15) is 5.10 Å². The molecule has 2 aromatic rings. The van der Waals surface area contributed by atoms with Gasteiger partial charge in [-0.05, 0) is 17.7 Å². The Morgan fingerprint density at radius 1 is 1.40 bits per heavy atom. The first-order valence-corrected chi connectivity index (χ1v) is 5.81. The molecule has 0 spiro atoms. The van der Waals surface area contributed by atoms with Gasteiger partial charge in [-0.1, -0.05) is 12.1 Å². The van der Waals surface area contributed by atoms with Gasteiger partial charge in [-0.25, -0.2) is 4.68 Å². The van der Waals surface area contributed by atoms with Crippen LogP contribution in [-0.2, 0) is 7.05 Å². The number of nitro groups is 1. The minimum Gasteiger partial charge on any atom is -0.275 e. The first-order chi connectivity index (χ1) is 9.40. The number of nitro benzene ring substituents is 1. The number of carbonyl (C=O) groups excluding carboxylic acids is 1. The third-order valence-corrected chi connectivity index (χ3v) is 2.83. The zero-order chi connectivity index (χ0) is 14.9. The molecule has 8 heteroatoms. The molecule has 7 nitrogen and oxygen atoms in total. The van der Waals surface area contributed by atoms with Crippen molar-refractivity contribution < 1.29 is 9.72 Å². The zero-order valence-electron chi connectivity index (χ0n) is 10.2. The molecular weight excluding hydrogens is 286 g/mol. The Morgan fingerprint density at radius 3 is 2.70 bits per heavy atom. The molecule has 0 atom stereocenters. The first kappa shape index (κ1) is 13.9. The summed E-state index contributed by atoms with van der Waals surface area (Å²) >= 11 is 5.33. The van der Waals surface area contributed by atoms with Gasteiger partial charge >= 0.3 is 0 Å². The Morgan fingerprint density at radius 2 is 2.10 bits per heavy atom. The van der Waals surface area contributed by atoms with E-state index in [4.69, 9.17) is 11.6 Å². The number of halogens is 1. The van der Waals surface area contributed by atoms with E-state index in [1.54, 1.807) is 6.07 Å². The molecule has 0 aliphatic rings.